The van der Waals surface area contributed by atoms with Crippen LogP contribution in [0, 0.1) is 6.92 Å². The molecule has 162 valence electrons. The number of aryl methyl sites for hydroxylation is 1. The van der Waals surface area contributed by atoms with Gasteiger partial charge in [-0.25, -0.2) is 0 Å². The molecule has 29 heavy (non-hydrogen) atoms. The number of hydrogen-bond acceptors (Lipinski definition) is 6. The largest absolute Gasteiger partial charge is 0.456 e. The van der Waals surface area contributed by atoms with Crippen LogP contribution in [0.2, 0.25) is 0 Å². The number of furan rings is 1. The van der Waals surface area contributed by atoms with Crippen LogP contribution in [0.4, 0.5) is 0 Å². The van der Waals surface area contributed by atoms with Crippen molar-refractivity contribution in [1.29, 1.82) is 0 Å². The van der Waals surface area contributed by atoms with Gasteiger partial charge < -0.3 is 23.7 Å². The number of amides is 1. The van der Waals surface area contributed by atoms with Crippen molar-refractivity contribution < 1.29 is 18.7 Å². The third-order valence-corrected chi connectivity index (χ3v) is 6.54. The third kappa shape index (κ3) is 5.20. The molecular formula is C22H35N3O4. The Morgan fingerprint density at radius 1 is 1.14 bits per heavy atom. The van der Waals surface area contributed by atoms with Gasteiger partial charge in [-0.1, -0.05) is 0 Å². The fraction of sp³-hybridized carbons (Fsp3) is 0.773. The molecule has 0 saturated carbocycles. The van der Waals surface area contributed by atoms with Gasteiger partial charge in [0, 0.05) is 44.4 Å². The number of carbonyl (C=O) groups is 1. The predicted octanol–water partition coefficient (Wildman–Crippen LogP) is 2.14. The van der Waals surface area contributed by atoms with E-state index in [-0.39, 0.29) is 18.1 Å². The van der Waals surface area contributed by atoms with E-state index in [1.807, 2.05) is 17.9 Å². The normalized spacial score (nSPS) is 24.8. The summed E-state index contributed by atoms with van der Waals surface area (Å²) in [6, 6.07) is 2.22. The van der Waals surface area contributed by atoms with Gasteiger partial charge in [0.25, 0.3) is 5.91 Å². The van der Waals surface area contributed by atoms with Crippen molar-refractivity contribution in [2.75, 3.05) is 59.6 Å². The van der Waals surface area contributed by atoms with Gasteiger partial charge in [-0.15, -0.1) is 0 Å². The standard InChI is InChI=1S/C22H35N3O4/c1-17-18(15-24-9-12-27-13-10-24)14-21(29-17)22(26)25(16-20-4-3-11-28-20)19-5-7-23(2)8-6-19/h14,19-20H,3-13,15-16H2,1-2H3/t20-/m0/s1. The van der Waals surface area contributed by atoms with E-state index in [2.05, 4.69) is 16.8 Å². The lowest BCUT2D eigenvalue weighted by atomic mass is 10.0. The van der Waals surface area contributed by atoms with Gasteiger partial charge in [0.2, 0.25) is 0 Å². The van der Waals surface area contributed by atoms with Crippen molar-refractivity contribution in [2.45, 2.75) is 51.3 Å². The summed E-state index contributed by atoms with van der Waals surface area (Å²) in [4.78, 5) is 20.2. The summed E-state index contributed by atoms with van der Waals surface area (Å²) in [7, 11) is 2.15. The van der Waals surface area contributed by atoms with Crippen LogP contribution in [-0.4, -0.2) is 92.3 Å². The van der Waals surface area contributed by atoms with Gasteiger partial charge in [0.15, 0.2) is 5.76 Å². The number of morpholine rings is 1. The summed E-state index contributed by atoms with van der Waals surface area (Å²) in [6.07, 6.45) is 4.30. The van der Waals surface area contributed by atoms with Crippen LogP contribution in [0.5, 0.6) is 0 Å². The van der Waals surface area contributed by atoms with E-state index in [1.54, 1.807) is 0 Å². The zero-order valence-corrected chi connectivity index (χ0v) is 17.9. The fourth-order valence-corrected chi connectivity index (χ4v) is 4.64. The van der Waals surface area contributed by atoms with Crippen LogP contribution in [-0.2, 0) is 16.0 Å². The van der Waals surface area contributed by atoms with E-state index in [0.29, 0.717) is 12.3 Å². The summed E-state index contributed by atoms with van der Waals surface area (Å²) >= 11 is 0. The molecule has 7 heteroatoms. The monoisotopic (exact) mass is 405 g/mol. The maximum atomic E-state index is 13.5. The summed E-state index contributed by atoms with van der Waals surface area (Å²) in [6.45, 7) is 9.71. The Hall–Kier alpha value is -1.41. The van der Waals surface area contributed by atoms with E-state index in [0.717, 1.165) is 89.6 Å². The van der Waals surface area contributed by atoms with E-state index in [9.17, 15) is 4.79 Å². The van der Waals surface area contributed by atoms with E-state index in [4.69, 9.17) is 13.9 Å². The van der Waals surface area contributed by atoms with E-state index >= 15 is 0 Å². The Balaban J connectivity index is 1.47. The van der Waals surface area contributed by atoms with Crippen molar-refractivity contribution in [2.24, 2.45) is 0 Å². The molecule has 0 bridgehead atoms. The van der Waals surface area contributed by atoms with Gasteiger partial charge in [-0.2, -0.15) is 0 Å². The van der Waals surface area contributed by atoms with Gasteiger partial charge >= 0.3 is 0 Å². The molecule has 3 aliphatic heterocycles. The van der Waals surface area contributed by atoms with Crippen LogP contribution in [0.25, 0.3) is 0 Å². The number of piperidine rings is 1. The number of likely N-dealkylation sites (tertiary alicyclic amines) is 1. The molecule has 0 aromatic carbocycles. The lowest BCUT2D eigenvalue weighted by Crippen LogP contribution is -2.49. The highest BCUT2D eigenvalue weighted by molar-refractivity contribution is 5.92. The molecule has 0 aliphatic carbocycles. The smallest absolute Gasteiger partial charge is 0.289 e. The fourth-order valence-electron chi connectivity index (χ4n) is 4.64. The minimum atomic E-state index is 0.0198. The van der Waals surface area contributed by atoms with Crippen LogP contribution < -0.4 is 0 Å². The van der Waals surface area contributed by atoms with Crippen LogP contribution >= 0.6 is 0 Å². The first-order valence-corrected chi connectivity index (χ1v) is 11.1. The quantitative estimate of drug-likeness (QED) is 0.723. The Bertz CT molecular complexity index is 672. The number of rotatable bonds is 6. The van der Waals surface area contributed by atoms with Crippen LogP contribution in [0.3, 0.4) is 0 Å². The first-order valence-electron chi connectivity index (χ1n) is 11.1. The minimum Gasteiger partial charge on any atom is -0.456 e. The topological polar surface area (TPSA) is 58.4 Å². The highest BCUT2D eigenvalue weighted by atomic mass is 16.5. The molecule has 0 spiro atoms. The Labute approximate surface area is 173 Å². The molecule has 1 amide bonds. The van der Waals surface area contributed by atoms with Crippen molar-refractivity contribution in [3.8, 4) is 0 Å². The summed E-state index contributed by atoms with van der Waals surface area (Å²) < 4.78 is 17.3. The lowest BCUT2D eigenvalue weighted by Gasteiger charge is -2.38. The van der Waals surface area contributed by atoms with Gasteiger partial charge in [0.1, 0.15) is 5.76 Å². The Morgan fingerprint density at radius 2 is 1.90 bits per heavy atom. The highest BCUT2D eigenvalue weighted by Gasteiger charge is 2.32. The predicted molar refractivity (Wildman–Crippen MR) is 110 cm³/mol. The first kappa shape index (κ1) is 20.8. The number of hydrogen-bond donors (Lipinski definition) is 0. The molecule has 0 radical (unpaired) electrons. The molecule has 4 heterocycles. The zero-order valence-electron chi connectivity index (χ0n) is 17.9. The van der Waals surface area contributed by atoms with Crippen molar-refractivity contribution in [3.63, 3.8) is 0 Å². The highest BCUT2D eigenvalue weighted by Crippen LogP contribution is 2.25. The molecule has 3 fully saturated rings. The Morgan fingerprint density at radius 3 is 2.59 bits per heavy atom. The lowest BCUT2D eigenvalue weighted by molar-refractivity contribution is 0.0298. The van der Waals surface area contributed by atoms with Crippen LogP contribution in [0.15, 0.2) is 10.5 Å². The molecule has 4 rings (SSSR count). The maximum Gasteiger partial charge on any atom is 0.289 e. The molecule has 0 unspecified atom stereocenters. The molecular weight excluding hydrogens is 370 g/mol. The molecule has 0 N–H and O–H groups in total. The van der Waals surface area contributed by atoms with Crippen molar-refractivity contribution in [3.05, 3.63) is 23.2 Å². The summed E-state index contributed by atoms with van der Waals surface area (Å²) in [5.41, 5.74) is 1.11. The molecule has 1 atom stereocenters. The average Bonchev–Trinajstić information content (AvgIpc) is 3.37. The first-order chi connectivity index (χ1) is 14.1. The summed E-state index contributed by atoms with van der Waals surface area (Å²) in [5, 5.41) is 0. The third-order valence-electron chi connectivity index (χ3n) is 6.54. The average molecular weight is 406 g/mol. The Kier molecular flexibility index (Phi) is 6.90. The number of nitrogens with zero attached hydrogens (tertiary/aromatic N) is 3. The molecule has 1 aromatic heterocycles. The second kappa shape index (κ2) is 9.60. The minimum absolute atomic E-state index is 0.0198. The number of ether oxygens (including phenoxy) is 2. The summed E-state index contributed by atoms with van der Waals surface area (Å²) in [5.74, 6) is 1.34. The zero-order chi connectivity index (χ0) is 20.2. The van der Waals surface area contributed by atoms with E-state index in [1.165, 1.54) is 0 Å². The molecule has 3 aliphatic rings. The second-order valence-corrected chi connectivity index (χ2v) is 8.71. The van der Waals surface area contributed by atoms with Crippen molar-refractivity contribution in [1.82, 2.24) is 14.7 Å². The van der Waals surface area contributed by atoms with Gasteiger partial charge in [-0.05, 0) is 58.8 Å². The van der Waals surface area contributed by atoms with Gasteiger partial charge in [-0.3, -0.25) is 9.69 Å². The molecule has 3 saturated heterocycles. The van der Waals surface area contributed by atoms with Crippen LogP contribution in [0.1, 0.15) is 47.6 Å². The second-order valence-electron chi connectivity index (χ2n) is 8.71. The van der Waals surface area contributed by atoms with Gasteiger partial charge in [0.05, 0.1) is 19.3 Å². The molecule has 7 nitrogen and oxygen atoms in total. The molecule has 1 aromatic rings. The number of carbonyl (C=O) groups excluding carboxylic acids is 1. The van der Waals surface area contributed by atoms with Crippen molar-refractivity contribution >= 4 is 5.91 Å². The SMILES string of the molecule is Cc1oc(C(=O)N(C[C@@H]2CCCO2)C2CCN(C)CC2)cc1CN1CCOCC1. The van der Waals surface area contributed by atoms with E-state index < -0.39 is 0 Å². The maximum absolute atomic E-state index is 13.5.